The van der Waals surface area contributed by atoms with Crippen LogP contribution in [0.4, 0.5) is 0 Å². The Hall–Kier alpha value is -0.350. The van der Waals surface area contributed by atoms with Gasteiger partial charge in [-0.05, 0) is 49.3 Å². The van der Waals surface area contributed by atoms with Crippen LogP contribution in [0, 0.1) is 11.8 Å². The topological polar surface area (TPSA) is 29.1 Å². The highest BCUT2D eigenvalue weighted by molar-refractivity contribution is 9.11. The molecule has 19 heavy (non-hydrogen) atoms. The van der Waals surface area contributed by atoms with Crippen LogP contribution in [-0.4, -0.2) is 11.9 Å². The maximum atomic E-state index is 12.3. The van der Waals surface area contributed by atoms with Gasteiger partial charge in [0.05, 0.1) is 0 Å². The van der Waals surface area contributed by atoms with E-state index < -0.39 is 0 Å². The molecule has 3 atom stereocenters. The van der Waals surface area contributed by atoms with Crippen molar-refractivity contribution in [3.05, 3.63) is 32.7 Å². The van der Waals surface area contributed by atoms with E-state index in [0.29, 0.717) is 17.5 Å². The molecule has 0 saturated heterocycles. The lowest BCUT2D eigenvalue weighted by Crippen LogP contribution is -2.39. The summed E-state index contributed by atoms with van der Waals surface area (Å²) in [6.07, 6.45) is 3.38. The summed E-state index contributed by atoms with van der Waals surface area (Å²) in [4.78, 5) is 12.3. The molecule has 2 rings (SSSR count). The van der Waals surface area contributed by atoms with E-state index in [1.54, 1.807) is 0 Å². The van der Waals surface area contributed by atoms with E-state index in [1.807, 2.05) is 18.2 Å². The van der Waals surface area contributed by atoms with E-state index in [4.69, 9.17) is 0 Å². The molecule has 3 unspecified atom stereocenters. The molecular weight excluding hydrogens is 370 g/mol. The Kier molecular flexibility index (Phi) is 5.07. The molecule has 2 nitrogen and oxygen atoms in total. The third-order valence-corrected chi connectivity index (χ3v) is 4.97. The zero-order valence-corrected chi connectivity index (χ0v) is 14.4. The van der Waals surface area contributed by atoms with Crippen molar-refractivity contribution < 1.29 is 4.79 Å². The number of rotatable bonds is 2. The van der Waals surface area contributed by atoms with E-state index in [1.165, 1.54) is 6.42 Å². The van der Waals surface area contributed by atoms with Crippen LogP contribution in [0.15, 0.2) is 27.1 Å². The van der Waals surface area contributed by atoms with Gasteiger partial charge in [-0.15, -0.1) is 0 Å². The van der Waals surface area contributed by atoms with E-state index in [-0.39, 0.29) is 5.91 Å². The van der Waals surface area contributed by atoms with Gasteiger partial charge in [0, 0.05) is 20.6 Å². The number of nitrogens with one attached hydrogen (secondary N) is 1. The standard InChI is InChI=1S/C15H19Br2NO/c1-9-3-4-14(5-10(9)2)18-15(19)11-6-12(16)8-13(17)7-11/h6-10,14H,3-5H2,1-2H3,(H,18,19). The summed E-state index contributed by atoms with van der Waals surface area (Å²) in [5.41, 5.74) is 0.701. The van der Waals surface area contributed by atoms with Gasteiger partial charge in [0.15, 0.2) is 0 Å². The molecule has 1 N–H and O–H groups in total. The van der Waals surface area contributed by atoms with Crippen LogP contribution in [0.5, 0.6) is 0 Å². The van der Waals surface area contributed by atoms with Crippen molar-refractivity contribution in [2.24, 2.45) is 11.8 Å². The fourth-order valence-corrected chi connectivity index (χ4v) is 3.93. The second-order valence-corrected chi connectivity index (χ2v) is 7.43. The lowest BCUT2D eigenvalue weighted by atomic mass is 9.79. The Morgan fingerprint density at radius 3 is 2.32 bits per heavy atom. The molecule has 1 saturated carbocycles. The minimum atomic E-state index is 0.0220. The maximum Gasteiger partial charge on any atom is 0.251 e. The third kappa shape index (κ3) is 4.06. The summed E-state index contributed by atoms with van der Waals surface area (Å²) in [5.74, 6) is 1.48. The lowest BCUT2D eigenvalue weighted by molar-refractivity contribution is 0.0910. The van der Waals surface area contributed by atoms with Crippen molar-refractivity contribution in [2.45, 2.75) is 39.2 Å². The zero-order chi connectivity index (χ0) is 14.0. The van der Waals surface area contributed by atoms with E-state index in [0.717, 1.165) is 27.7 Å². The number of benzene rings is 1. The molecule has 0 radical (unpaired) electrons. The molecule has 0 heterocycles. The van der Waals surface area contributed by atoms with Crippen molar-refractivity contribution >= 4 is 37.8 Å². The normalized spacial score (nSPS) is 27.1. The van der Waals surface area contributed by atoms with Crippen molar-refractivity contribution in [3.63, 3.8) is 0 Å². The van der Waals surface area contributed by atoms with Gasteiger partial charge in [0.25, 0.3) is 5.91 Å². The first-order valence-corrected chi connectivity index (χ1v) is 8.31. The predicted molar refractivity (Wildman–Crippen MR) is 85.3 cm³/mol. The molecule has 1 amide bonds. The molecule has 1 fully saturated rings. The van der Waals surface area contributed by atoms with Crippen LogP contribution in [0.25, 0.3) is 0 Å². The molecule has 1 aromatic carbocycles. The monoisotopic (exact) mass is 387 g/mol. The fourth-order valence-electron chi connectivity index (χ4n) is 2.63. The minimum Gasteiger partial charge on any atom is -0.349 e. The summed E-state index contributed by atoms with van der Waals surface area (Å²) in [6, 6.07) is 5.96. The Balaban J connectivity index is 2.01. The van der Waals surface area contributed by atoms with Crippen LogP contribution in [0.2, 0.25) is 0 Å². The van der Waals surface area contributed by atoms with Gasteiger partial charge in [0.2, 0.25) is 0 Å². The first-order chi connectivity index (χ1) is 8.95. The first kappa shape index (κ1) is 15.0. The first-order valence-electron chi connectivity index (χ1n) is 6.72. The summed E-state index contributed by atoms with van der Waals surface area (Å²) in [6.45, 7) is 4.58. The number of carbonyl (C=O) groups is 1. The molecule has 1 aliphatic carbocycles. The Morgan fingerprint density at radius 1 is 1.11 bits per heavy atom. The SMILES string of the molecule is CC1CCC(NC(=O)c2cc(Br)cc(Br)c2)CC1C. The summed E-state index contributed by atoms with van der Waals surface area (Å²) < 4.78 is 1.83. The van der Waals surface area contributed by atoms with Crippen molar-refractivity contribution in [1.82, 2.24) is 5.32 Å². The highest BCUT2D eigenvalue weighted by atomic mass is 79.9. The van der Waals surface area contributed by atoms with Gasteiger partial charge in [-0.25, -0.2) is 0 Å². The molecule has 1 aromatic rings. The summed E-state index contributed by atoms with van der Waals surface area (Å²) >= 11 is 6.83. The number of hydrogen-bond donors (Lipinski definition) is 1. The highest BCUT2D eigenvalue weighted by Gasteiger charge is 2.25. The van der Waals surface area contributed by atoms with Crippen molar-refractivity contribution in [3.8, 4) is 0 Å². The van der Waals surface area contributed by atoms with E-state index in [2.05, 4.69) is 51.0 Å². The smallest absolute Gasteiger partial charge is 0.251 e. The summed E-state index contributed by atoms with van der Waals surface area (Å²) in [7, 11) is 0. The third-order valence-electron chi connectivity index (χ3n) is 4.06. The van der Waals surface area contributed by atoms with E-state index >= 15 is 0 Å². The average molecular weight is 389 g/mol. The van der Waals surface area contributed by atoms with Gasteiger partial charge in [-0.2, -0.15) is 0 Å². The van der Waals surface area contributed by atoms with Crippen LogP contribution in [0.3, 0.4) is 0 Å². The second-order valence-electron chi connectivity index (χ2n) is 5.60. The van der Waals surface area contributed by atoms with Gasteiger partial charge < -0.3 is 5.32 Å². The highest BCUT2D eigenvalue weighted by Crippen LogP contribution is 2.29. The average Bonchev–Trinajstić information content (AvgIpc) is 2.32. The molecule has 0 bridgehead atoms. The Bertz CT molecular complexity index is 455. The van der Waals surface area contributed by atoms with Crippen molar-refractivity contribution in [2.75, 3.05) is 0 Å². The second kappa shape index (κ2) is 6.40. The largest absolute Gasteiger partial charge is 0.349 e. The Morgan fingerprint density at radius 2 is 1.74 bits per heavy atom. The van der Waals surface area contributed by atoms with Gasteiger partial charge >= 0.3 is 0 Å². The molecular formula is C15H19Br2NO. The van der Waals surface area contributed by atoms with Gasteiger partial charge in [-0.1, -0.05) is 45.7 Å². The number of hydrogen-bond acceptors (Lipinski definition) is 1. The molecule has 0 spiro atoms. The lowest BCUT2D eigenvalue weighted by Gasteiger charge is -2.32. The molecule has 1 aliphatic rings. The van der Waals surface area contributed by atoms with Crippen LogP contribution in [-0.2, 0) is 0 Å². The fraction of sp³-hybridized carbons (Fsp3) is 0.533. The van der Waals surface area contributed by atoms with E-state index in [9.17, 15) is 4.79 Å². The molecule has 104 valence electrons. The maximum absolute atomic E-state index is 12.3. The quantitative estimate of drug-likeness (QED) is 0.776. The Labute approximate surface area is 131 Å². The summed E-state index contributed by atoms with van der Waals surface area (Å²) in [5, 5.41) is 3.16. The van der Waals surface area contributed by atoms with Crippen LogP contribution in [0.1, 0.15) is 43.5 Å². The minimum absolute atomic E-state index is 0.0220. The van der Waals surface area contributed by atoms with Gasteiger partial charge in [-0.3, -0.25) is 4.79 Å². The van der Waals surface area contributed by atoms with Crippen LogP contribution < -0.4 is 5.32 Å². The molecule has 0 aliphatic heterocycles. The number of halogens is 2. The van der Waals surface area contributed by atoms with Crippen molar-refractivity contribution in [1.29, 1.82) is 0 Å². The van der Waals surface area contributed by atoms with Gasteiger partial charge in [0.1, 0.15) is 0 Å². The molecule has 4 heteroatoms. The molecule has 0 aromatic heterocycles. The number of carbonyl (C=O) groups excluding carboxylic acids is 1. The zero-order valence-electron chi connectivity index (χ0n) is 11.2. The van der Waals surface area contributed by atoms with Crippen LogP contribution >= 0.6 is 31.9 Å². The number of amides is 1. The predicted octanol–water partition coefficient (Wildman–Crippen LogP) is 4.77.